The van der Waals surface area contributed by atoms with Crippen molar-refractivity contribution in [1.29, 1.82) is 0 Å². The number of carbonyl (C=O) groups is 1. The monoisotopic (exact) mass is 317 g/mol. The summed E-state index contributed by atoms with van der Waals surface area (Å²) in [5.41, 5.74) is 2.31. The highest BCUT2D eigenvalue weighted by Gasteiger charge is 2.07. The summed E-state index contributed by atoms with van der Waals surface area (Å²) in [7, 11) is 1.82. The summed E-state index contributed by atoms with van der Waals surface area (Å²) in [6, 6.07) is 5.16. The number of aryl methyl sites for hydroxylation is 2. The van der Waals surface area contributed by atoms with Crippen LogP contribution in [-0.2, 0) is 20.0 Å². The summed E-state index contributed by atoms with van der Waals surface area (Å²) >= 11 is 1.50. The molecule has 8 nitrogen and oxygen atoms in total. The fourth-order valence-electron chi connectivity index (χ4n) is 1.95. The minimum absolute atomic E-state index is 0.295. The molecule has 3 rings (SSSR count). The number of amides is 2. The van der Waals surface area contributed by atoms with Crippen molar-refractivity contribution in [2.75, 3.05) is 5.32 Å². The molecule has 0 unspecified atom stereocenters. The smallest absolute Gasteiger partial charge is 0.319 e. The molecular formula is C13H15N7OS. The topological polar surface area (TPSA) is 97.6 Å². The van der Waals surface area contributed by atoms with E-state index in [0.29, 0.717) is 12.2 Å². The van der Waals surface area contributed by atoms with Gasteiger partial charge < -0.3 is 10.6 Å². The van der Waals surface area contributed by atoms with E-state index in [9.17, 15) is 4.79 Å². The summed E-state index contributed by atoms with van der Waals surface area (Å²) in [5, 5.41) is 23.2. The van der Waals surface area contributed by atoms with E-state index in [1.165, 1.54) is 11.3 Å². The molecule has 1 aromatic carbocycles. The molecule has 0 bridgehead atoms. The first-order chi connectivity index (χ1) is 10.7. The van der Waals surface area contributed by atoms with Gasteiger partial charge in [-0.1, -0.05) is 23.5 Å². The first-order valence-corrected chi connectivity index (χ1v) is 7.63. The Morgan fingerprint density at radius 1 is 1.27 bits per heavy atom. The summed E-state index contributed by atoms with van der Waals surface area (Å²) in [6.45, 7) is 2.38. The van der Waals surface area contributed by atoms with Crippen LogP contribution < -0.4 is 10.6 Å². The lowest BCUT2D eigenvalue weighted by atomic mass is 10.3. The number of rotatable bonds is 4. The SMILES string of the molecule is CCc1nnc(CNC(=O)Nc2ccc3c(c2)nnn3C)s1. The van der Waals surface area contributed by atoms with Gasteiger partial charge in [-0.25, -0.2) is 9.48 Å². The molecule has 3 aromatic rings. The Labute approximate surface area is 130 Å². The van der Waals surface area contributed by atoms with Crippen LogP contribution in [0.15, 0.2) is 18.2 Å². The van der Waals surface area contributed by atoms with Crippen LogP contribution in [0.4, 0.5) is 10.5 Å². The second-order valence-corrected chi connectivity index (χ2v) is 5.81. The maximum Gasteiger partial charge on any atom is 0.319 e. The van der Waals surface area contributed by atoms with E-state index >= 15 is 0 Å². The minimum Gasteiger partial charge on any atom is -0.331 e. The lowest BCUT2D eigenvalue weighted by Gasteiger charge is -2.06. The van der Waals surface area contributed by atoms with Crippen molar-refractivity contribution < 1.29 is 4.79 Å². The number of fused-ring (bicyclic) bond motifs is 1. The van der Waals surface area contributed by atoms with Gasteiger partial charge in [0.2, 0.25) is 0 Å². The molecule has 0 aliphatic rings. The van der Waals surface area contributed by atoms with Crippen molar-refractivity contribution in [3.8, 4) is 0 Å². The summed E-state index contributed by atoms with van der Waals surface area (Å²) in [4.78, 5) is 11.9. The lowest BCUT2D eigenvalue weighted by Crippen LogP contribution is -2.28. The standard InChI is InChI=1S/C13H15N7OS/c1-3-11-17-18-12(22-11)7-14-13(21)15-8-4-5-10-9(6-8)16-19-20(10)2/h4-6H,3,7H2,1-2H3,(H2,14,15,21). The number of nitrogens with one attached hydrogen (secondary N) is 2. The van der Waals surface area contributed by atoms with E-state index in [1.807, 2.05) is 26.1 Å². The van der Waals surface area contributed by atoms with Crippen LogP contribution in [0.1, 0.15) is 16.9 Å². The number of hydrogen-bond acceptors (Lipinski definition) is 6. The molecule has 0 saturated heterocycles. The summed E-state index contributed by atoms with van der Waals surface area (Å²) in [5.74, 6) is 0. The van der Waals surface area contributed by atoms with Crippen molar-refractivity contribution in [2.45, 2.75) is 19.9 Å². The highest BCUT2D eigenvalue weighted by molar-refractivity contribution is 7.11. The fraction of sp³-hybridized carbons (Fsp3) is 0.308. The van der Waals surface area contributed by atoms with Gasteiger partial charge in [0.25, 0.3) is 0 Å². The van der Waals surface area contributed by atoms with Gasteiger partial charge in [0.05, 0.1) is 12.1 Å². The number of hydrogen-bond donors (Lipinski definition) is 2. The zero-order chi connectivity index (χ0) is 15.5. The van der Waals surface area contributed by atoms with Crippen molar-refractivity contribution in [3.05, 3.63) is 28.2 Å². The predicted octanol–water partition coefficient (Wildman–Crippen LogP) is 1.70. The third-order valence-electron chi connectivity index (χ3n) is 3.08. The number of aromatic nitrogens is 5. The van der Waals surface area contributed by atoms with Gasteiger partial charge >= 0.3 is 6.03 Å². The van der Waals surface area contributed by atoms with Crippen LogP contribution in [0.3, 0.4) is 0 Å². The number of anilines is 1. The third kappa shape index (κ3) is 3.03. The van der Waals surface area contributed by atoms with Gasteiger partial charge in [0, 0.05) is 12.7 Å². The van der Waals surface area contributed by atoms with E-state index in [0.717, 1.165) is 27.5 Å². The number of benzene rings is 1. The third-order valence-corrected chi connectivity index (χ3v) is 4.15. The normalized spacial score (nSPS) is 10.8. The Bertz CT molecular complexity index is 810. The van der Waals surface area contributed by atoms with Crippen LogP contribution in [0.2, 0.25) is 0 Å². The van der Waals surface area contributed by atoms with Gasteiger partial charge in [0.1, 0.15) is 15.5 Å². The van der Waals surface area contributed by atoms with E-state index < -0.39 is 0 Å². The molecule has 2 aromatic heterocycles. The van der Waals surface area contributed by atoms with Crippen LogP contribution in [0, 0.1) is 0 Å². The molecule has 2 N–H and O–H groups in total. The Kier molecular flexibility index (Phi) is 3.96. The Morgan fingerprint density at radius 2 is 2.09 bits per heavy atom. The molecular weight excluding hydrogens is 302 g/mol. The Balaban J connectivity index is 1.60. The largest absolute Gasteiger partial charge is 0.331 e. The molecule has 0 saturated carbocycles. The molecule has 0 spiro atoms. The van der Waals surface area contributed by atoms with Crippen molar-refractivity contribution in [2.24, 2.45) is 7.05 Å². The quantitative estimate of drug-likeness (QED) is 0.763. The molecule has 0 aliphatic carbocycles. The molecule has 22 heavy (non-hydrogen) atoms. The minimum atomic E-state index is -0.295. The molecule has 2 amide bonds. The second kappa shape index (κ2) is 6.06. The van der Waals surface area contributed by atoms with Crippen LogP contribution in [0.5, 0.6) is 0 Å². The zero-order valence-electron chi connectivity index (χ0n) is 12.2. The number of urea groups is 1. The summed E-state index contributed by atoms with van der Waals surface area (Å²) in [6.07, 6.45) is 0.849. The lowest BCUT2D eigenvalue weighted by molar-refractivity contribution is 0.251. The van der Waals surface area contributed by atoms with E-state index in [1.54, 1.807) is 10.7 Å². The van der Waals surface area contributed by atoms with E-state index in [4.69, 9.17) is 0 Å². The molecule has 0 fully saturated rings. The molecule has 0 aliphatic heterocycles. The van der Waals surface area contributed by atoms with Gasteiger partial charge in [0.15, 0.2) is 0 Å². The Hall–Kier alpha value is -2.55. The zero-order valence-corrected chi connectivity index (χ0v) is 13.0. The van der Waals surface area contributed by atoms with Gasteiger partial charge in [-0.05, 0) is 24.6 Å². The maximum atomic E-state index is 11.9. The van der Waals surface area contributed by atoms with Crippen molar-refractivity contribution in [3.63, 3.8) is 0 Å². The maximum absolute atomic E-state index is 11.9. The Morgan fingerprint density at radius 3 is 2.86 bits per heavy atom. The van der Waals surface area contributed by atoms with Crippen LogP contribution >= 0.6 is 11.3 Å². The van der Waals surface area contributed by atoms with Crippen molar-refractivity contribution in [1.82, 2.24) is 30.5 Å². The first kappa shape index (κ1) is 14.4. The average Bonchev–Trinajstić information content (AvgIpc) is 3.12. The molecule has 0 radical (unpaired) electrons. The predicted molar refractivity (Wildman–Crippen MR) is 83.7 cm³/mol. The number of nitrogens with zero attached hydrogens (tertiary/aromatic N) is 5. The van der Waals surface area contributed by atoms with Crippen LogP contribution in [0.25, 0.3) is 11.0 Å². The first-order valence-electron chi connectivity index (χ1n) is 6.81. The molecule has 114 valence electrons. The van der Waals surface area contributed by atoms with Crippen LogP contribution in [-0.4, -0.2) is 31.2 Å². The van der Waals surface area contributed by atoms with Crippen molar-refractivity contribution >= 4 is 34.1 Å². The van der Waals surface area contributed by atoms with E-state index in [-0.39, 0.29) is 6.03 Å². The second-order valence-electron chi connectivity index (χ2n) is 4.67. The summed E-state index contributed by atoms with van der Waals surface area (Å²) < 4.78 is 1.68. The highest BCUT2D eigenvalue weighted by Crippen LogP contribution is 2.16. The van der Waals surface area contributed by atoms with Gasteiger partial charge in [-0.15, -0.1) is 15.3 Å². The fourth-order valence-corrected chi connectivity index (χ4v) is 2.68. The highest BCUT2D eigenvalue weighted by atomic mass is 32.1. The van der Waals surface area contributed by atoms with Gasteiger partial charge in [-0.2, -0.15) is 0 Å². The van der Waals surface area contributed by atoms with E-state index in [2.05, 4.69) is 31.1 Å². The molecule has 9 heteroatoms. The number of carbonyl (C=O) groups excluding carboxylic acids is 1. The van der Waals surface area contributed by atoms with Gasteiger partial charge in [-0.3, -0.25) is 0 Å². The molecule has 2 heterocycles. The average molecular weight is 317 g/mol. The molecule has 0 atom stereocenters.